The van der Waals surface area contributed by atoms with Gasteiger partial charge in [0.25, 0.3) is 0 Å². The Morgan fingerprint density at radius 2 is 1.95 bits per heavy atom. The highest BCUT2D eigenvalue weighted by atomic mass is 35.5. The third-order valence-electron chi connectivity index (χ3n) is 2.67. The largest absolute Gasteiger partial charge is 0.457 e. The van der Waals surface area contributed by atoms with Gasteiger partial charge in [-0.15, -0.1) is 0 Å². The molecule has 0 aromatic heterocycles. The third-order valence-corrected chi connectivity index (χ3v) is 2.90. The van der Waals surface area contributed by atoms with Gasteiger partial charge in [-0.1, -0.05) is 17.7 Å². The summed E-state index contributed by atoms with van der Waals surface area (Å²) in [5, 5.41) is 0.278. The molecule has 0 saturated carbocycles. The van der Waals surface area contributed by atoms with Gasteiger partial charge in [-0.2, -0.15) is 0 Å². The number of nitrogens with two attached hydrogens (primary N) is 2. The van der Waals surface area contributed by atoms with E-state index in [-0.39, 0.29) is 28.4 Å². The van der Waals surface area contributed by atoms with Crippen LogP contribution in [0.5, 0.6) is 0 Å². The second-order valence-electron chi connectivity index (χ2n) is 4.16. The lowest BCUT2D eigenvalue weighted by Gasteiger charge is -2.08. The van der Waals surface area contributed by atoms with E-state index in [4.69, 9.17) is 27.8 Å². The monoisotopic (exact) mass is 294 g/mol. The van der Waals surface area contributed by atoms with Crippen molar-refractivity contribution in [1.82, 2.24) is 0 Å². The number of benzene rings is 2. The number of esters is 1. The van der Waals surface area contributed by atoms with E-state index in [1.807, 2.05) is 0 Å². The van der Waals surface area contributed by atoms with Crippen molar-refractivity contribution in [2.24, 2.45) is 0 Å². The molecule has 0 amide bonds. The summed E-state index contributed by atoms with van der Waals surface area (Å²) >= 11 is 5.64. The second kappa shape index (κ2) is 5.79. The van der Waals surface area contributed by atoms with Crippen LogP contribution in [0.4, 0.5) is 15.8 Å². The summed E-state index contributed by atoms with van der Waals surface area (Å²) in [5.74, 6) is -1.17. The number of hydrogen-bond acceptors (Lipinski definition) is 4. The first kappa shape index (κ1) is 14.1. The molecule has 0 aliphatic heterocycles. The molecule has 2 rings (SSSR count). The van der Waals surface area contributed by atoms with Crippen LogP contribution in [0.2, 0.25) is 5.02 Å². The Balaban J connectivity index is 2.08. The van der Waals surface area contributed by atoms with Crippen molar-refractivity contribution in [3.63, 3.8) is 0 Å². The Labute approximate surface area is 120 Å². The highest BCUT2D eigenvalue weighted by molar-refractivity contribution is 6.30. The number of carbonyl (C=O) groups excluding carboxylic acids is 1. The van der Waals surface area contributed by atoms with Crippen molar-refractivity contribution in [3.8, 4) is 0 Å². The molecule has 0 unspecified atom stereocenters. The molecule has 0 heterocycles. The highest BCUT2D eigenvalue weighted by Gasteiger charge is 2.12. The summed E-state index contributed by atoms with van der Waals surface area (Å²) in [4.78, 5) is 11.8. The van der Waals surface area contributed by atoms with E-state index in [0.717, 1.165) is 6.07 Å². The molecule has 4 N–H and O–H groups in total. The molecule has 2 aromatic carbocycles. The average Bonchev–Trinajstić information content (AvgIpc) is 2.37. The van der Waals surface area contributed by atoms with E-state index >= 15 is 0 Å². The molecular weight excluding hydrogens is 283 g/mol. The number of nitrogen functional groups attached to an aromatic ring is 2. The lowest BCUT2D eigenvalue weighted by molar-refractivity contribution is 0.0470. The van der Waals surface area contributed by atoms with Crippen LogP contribution < -0.4 is 11.5 Å². The Bertz CT molecular complexity index is 662. The maximum atomic E-state index is 13.5. The summed E-state index contributed by atoms with van der Waals surface area (Å²) < 4.78 is 18.5. The average molecular weight is 295 g/mol. The lowest BCUT2D eigenvalue weighted by atomic mass is 10.1. The second-order valence-corrected chi connectivity index (χ2v) is 4.59. The number of halogens is 2. The molecule has 0 aliphatic carbocycles. The molecule has 0 saturated heterocycles. The van der Waals surface area contributed by atoms with Gasteiger partial charge in [-0.25, -0.2) is 9.18 Å². The zero-order valence-electron chi connectivity index (χ0n) is 10.4. The third kappa shape index (κ3) is 3.19. The molecular formula is C14H12ClFN2O2. The van der Waals surface area contributed by atoms with Gasteiger partial charge >= 0.3 is 5.97 Å². The molecule has 0 atom stereocenters. The quantitative estimate of drug-likeness (QED) is 0.674. The number of anilines is 2. The van der Waals surface area contributed by atoms with Gasteiger partial charge in [0.1, 0.15) is 12.4 Å². The van der Waals surface area contributed by atoms with Crippen LogP contribution in [0.15, 0.2) is 36.4 Å². The van der Waals surface area contributed by atoms with E-state index in [1.54, 1.807) is 0 Å². The lowest BCUT2D eigenvalue weighted by Crippen LogP contribution is -2.09. The van der Waals surface area contributed by atoms with Crippen molar-refractivity contribution in [2.75, 3.05) is 11.5 Å². The van der Waals surface area contributed by atoms with E-state index in [1.165, 1.54) is 30.3 Å². The van der Waals surface area contributed by atoms with Gasteiger partial charge in [0.2, 0.25) is 0 Å². The van der Waals surface area contributed by atoms with Gasteiger partial charge in [0.15, 0.2) is 0 Å². The first-order valence-electron chi connectivity index (χ1n) is 5.73. The summed E-state index contributed by atoms with van der Waals surface area (Å²) in [6, 6.07) is 8.59. The van der Waals surface area contributed by atoms with E-state index in [2.05, 4.69) is 0 Å². The van der Waals surface area contributed by atoms with Crippen LogP contribution in [0.3, 0.4) is 0 Å². The minimum absolute atomic E-state index is 0.188. The van der Waals surface area contributed by atoms with Gasteiger partial charge in [0.05, 0.1) is 5.56 Å². The molecule has 4 nitrogen and oxygen atoms in total. The predicted octanol–water partition coefficient (Wildman–Crippen LogP) is 3.00. The number of rotatable bonds is 3. The maximum Gasteiger partial charge on any atom is 0.340 e. The molecule has 0 fully saturated rings. The molecule has 20 heavy (non-hydrogen) atoms. The Kier molecular flexibility index (Phi) is 4.10. The summed E-state index contributed by atoms with van der Waals surface area (Å²) in [5.41, 5.74) is 12.3. The normalized spacial score (nSPS) is 10.3. The summed E-state index contributed by atoms with van der Waals surface area (Å²) in [6.45, 7) is -0.203. The molecule has 0 spiro atoms. The Morgan fingerprint density at radius 3 is 2.60 bits per heavy atom. The first-order valence-corrected chi connectivity index (χ1v) is 6.11. The number of ether oxygens (including phenoxy) is 1. The van der Waals surface area contributed by atoms with Crippen LogP contribution in [-0.4, -0.2) is 5.97 Å². The highest BCUT2D eigenvalue weighted by Crippen LogP contribution is 2.19. The molecule has 0 bridgehead atoms. The minimum atomic E-state index is -0.642. The number of hydrogen-bond donors (Lipinski definition) is 2. The summed E-state index contributed by atoms with van der Waals surface area (Å²) in [7, 11) is 0. The predicted molar refractivity (Wildman–Crippen MR) is 75.8 cm³/mol. The van der Waals surface area contributed by atoms with Gasteiger partial charge < -0.3 is 16.2 Å². The molecule has 2 aromatic rings. The molecule has 0 radical (unpaired) electrons. The van der Waals surface area contributed by atoms with E-state index in [9.17, 15) is 9.18 Å². The van der Waals surface area contributed by atoms with E-state index in [0.29, 0.717) is 5.69 Å². The number of carbonyl (C=O) groups is 1. The van der Waals surface area contributed by atoms with Crippen LogP contribution in [0, 0.1) is 5.82 Å². The van der Waals surface area contributed by atoms with Crippen LogP contribution in [0.25, 0.3) is 0 Å². The van der Waals surface area contributed by atoms with Crippen molar-refractivity contribution >= 4 is 28.9 Å². The Hall–Kier alpha value is -2.27. The van der Waals surface area contributed by atoms with Gasteiger partial charge in [-0.05, 0) is 30.3 Å². The molecule has 104 valence electrons. The zero-order valence-corrected chi connectivity index (χ0v) is 11.2. The van der Waals surface area contributed by atoms with Crippen molar-refractivity contribution in [3.05, 3.63) is 58.4 Å². The van der Waals surface area contributed by atoms with Gasteiger partial charge in [-0.3, -0.25) is 0 Å². The van der Waals surface area contributed by atoms with Crippen LogP contribution in [-0.2, 0) is 11.3 Å². The van der Waals surface area contributed by atoms with Crippen LogP contribution in [0.1, 0.15) is 15.9 Å². The van der Waals surface area contributed by atoms with Crippen molar-refractivity contribution in [1.29, 1.82) is 0 Å². The van der Waals surface area contributed by atoms with Crippen molar-refractivity contribution in [2.45, 2.75) is 6.61 Å². The smallest absolute Gasteiger partial charge is 0.340 e. The molecule has 0 aliphatic rings. The van der Waals surface area contributed by atoms with Crippen molar-refractivity contribution < 1.29 is 13.9 Å². The molecule has 6 heteroatoms. The topological polar surface area (TPSA) is 78.3 Å². The minimum Gasteiger partial charge on any atom is -0.457 e. The fourth-order valence-corrected chi connectivity index (χ4v) is 1.79. The maximum absolute atomic E-state index is 13.5. The first-order chi connectivity index (χ1) is 9.47. The van der Waals surface area contributed by atoms with Gasteiger partial charge in [0, 0.05) is 22.0 Å². The summed E-state index contributed by atoms with van der Waals surface area (Å²) in [6.07, 6.45) is 0. The SMILES string of the molecule is Nc1ccc(C(=O)OCc2ccc(Cl)cc2F)c(N)c1. The Morgan fingerprint density at radius 1 is 1.20 bits per heavy atom. The zero-order chi connectivity index (χ0) is 14.7. The fraction of sp³-hybridized carbons (Fsp3) is 0.0714. The van der Waals surface area contributed by atoms with E-state index < -0.39 is 11.8 Å². The fourth-order valence-electron chi connectivity index (χ4n) is 1.63. The van der Waals surface area contributed by atoms with Crippen LogP contribution >= 0.6 is 11.6 Å². The standard InChI is InChI=1S/C14H12ClFN2O2/c15-9-2-1-8(12(16)5-9)7-20-14(19)11-4-3-10(17)6-13(11)18/h1-6H,7,17-18H2.